The van der Waals surface area contributed by atoms with Gasteiger partial charge in [-0.2, -0.15) is 0 Å². The number of aryl methyl sites for hydroxylation is 1. The summed E-state index contributed by atoms with van der Waals surface area (Å²) < 4.78 is 24.9. The summed E-state index contributed by atoms with van der Waals surface area (Å²) in [6.07, 6.45) is 10.8. The molecule has 0 amide bonds. The van der Waals surface area contributed by atoms with Crippen molar-refractivity contribution in [3.8, 4) is 0 Å². The van der Waals surface area contributed by atoms with E-state index in [4.69, 9.17) is 18.3 Å². The van der Waals surface area contributed by atoms with E-state index in [9.17, 15) is 0 Å². The topological polar surface area (TPSA) is 36.9 Å². The lowest BCUT2D eigenvalue weighted by molar-refractivity contribution is -0.113. The van der Waals surface area contributed by atoms with Gasteiger partial charge in [-0.25, -0.2) is 0 Å². The summed E-state index contributed by atoms with van der Waals surface area (Å²) in [5.41, 5.74) is 2.71. The molecule has 1 saturated carbocycles. The fraction of sp³-hybridized carbons (Fsp3) is 0.655. The second kappa shape index (κ2) is 11.5. The van der Waals surface area contributed by atoms with Crippen LogP contribution in [-0.4, -0.2) is 42.2 Å². The van der Waals surface area contributed by atoms with Crippen molar-refractivity contribution in [3.05, 3.63) is 59.9 Å². The monoisotopic (exact) mass is 516 g/mol. The molecule has 1 heterocycles. The molecule has 6 heteroatoms. The number of hydrogen-bond acceptors (Lipinski definition) is 4. The van der Waals surface area contributed by atoms with Gasteiger partial charge in [-0.1, -0.05) is 63.3 Å². The van der Waals surface area contributed by atoms with Crippen LogP contribution in [0.25, 0.3) is 0 Å². The Labute approximate surface area is 216 Å². The number of fused-ring (bicyclic) bond motifs is 1. The van der Waals surface area contributed by atoms with Crippen molar-refractivity contribution in [3.63, 3.8) is 0 Å². The maximum absolute atomic E-state index is 6.94. The molecule has 2 fully saturated rings. The van der Waals surface area contributed by atoms with Crippen LogP contribution in [0.3, 0.4) is 0 Å². The second-order valence-corrected chi connectivity index (χ2v) is 21.9. The molecule has 0 spiro atoms. The molecule has 2 aliphatic rings. The third-order valence-electron chi connectivity index (χ3n) is 7.77. The van der Waals surface area contributed by atoms with E-state index in [-0.39, 0.29) is 23.5 Å². The molecule has 0 radical (unpaired) electrons. The van der Waals surface area contributed by atoms with E-state index in [2.05, 4.69) is 102 Å². The zero-order chi connectivity index (χ0) is 25.9. The predicted molar refractivity (Wildman–Crippen MR) is 150 cm³/mol. The van der Waals surface area contributed by atoms with E-state index in [0.717, 1.165) is 25.7 Å². The second-order valence-electron chi connectivity index (χ2n) is 12.7. The maximum atomic E-state index is 6.94. The summed E-state index contributed by atoms with van der Waals surface area (Å²) >= 11 is 0. The largest absolute Gasteiger partial charge is 0.550 e. The summed E-state index contributed by atoms with van der Waals surface area (Å²) in [7, 11) is -1.81. The van der Waals surface area contributed by atoms with Gasteiger partial charge >= 0.3 is 0 Å². The lowest BCUT2D eigenvalue weighted by atomic mass is 9.90. The highest BCUT2D eigenvalue weighted by Crippen LogP contribution is 2.47. The average Bonchev–Trinajstić information content (AvgIpc) is 3.31. The Hall–Kier alpha value is -1.19. The van der Waals surface area contributed by atoms with Crippen molar-refractivity contribution in [1.29, 1.82) is 0 Å². The Bertz CT molecular complexity index is 867. The molecule has 0 N–H and O–H groups in total. The maximum Gasteiger partial charge on any atom is 0.241 e. The van der Waals surface area contributed by atoms with Crippen LogP contribution in [0.2, 0.25) is 37.8 Å². The Balaban J connectivity index is 1.83. The fourth-order valence-corrected chi connectivity index (χ4v) is 6.50. The lowest BCUT2D eigenvalue weighted by Gasteiger charge is -2.38. The molecule has 0 bridgehead atoms. The number of allylic oxidation sites excluding steroid dienone is 1. The smallest absolute Gasteiger partial charge is 0.241 e. The van der Waals surface area contributed by atoms with E-state index in [0.29, 0.717) is 11.8 Å². The molecular weight excluding hydrogens is 468 g/mol. The highest BCUT2D eigenvalue weighted by Gasteiger charge is 2.46. The van der Waals surface area contributed by atoms with Crippen LogP contribution >= 0.6 is 0 Å². The van der Waals surface area contributed by atoms with Gasteiger partial charge in [0, 0.05) is 25.4 Å². The summed E-state index contributed by atoms with van der Waals surface area (Å²) in [5.74, 6) is 0.731. The predicted octanol–water partition coefficient (Wildman–Crippen LogP) is 7.70. The van der Waals surface area contributed by atoms with Gasteiger partial charge in [0.15, 0.2) is 14.6 Å². The van der Waals surface area contributed by atoms with Gasteiger partial charge in [0.05, 0.1) is 18.5 Å². The highest BCUT2D eigenvalue weighted by molar-refractivity contribution is 6.74. The van der Waals surface area contributed by atoms with Gasteiger partial charge in [0.1, 0.15) is 0 Å². The minimum atomic E-state index is -1.91. The molecule has 1 aromatic rings. The quantitative estimate of drug-likeness (QED) is 0.181. The highest BCUT2D eigenvalue weighted by atomic mass is 28.4. The van der Waals surface area contributed by atoms with Crippen LogP contribution in [0, 0.1) is 11.8 Å². The Morgan fingerprint density at radius 1 is 1.09 bits per heavy atom. The molecule has 4 nitrogen and oxygen atoms in total. The van der Waals surface area contributed by atoms with Crippen LogP contribution in [0.15, 0.2) is 54.3 Å². The van der Waals surface area contributed by atoms with Crippen LogP contribution in [0.4, 0.5) is 0 Å². The van der Waals surface area contributed by atoms with E-state index in [1.54, 1.807) is 7.11 Å². The summed E-state index contributed by atoms with van der Waals surface area (Å²) in [5, 5.41) is 0.172. The number of methoxy groups -OCH3 is 1. The first-order chi connectivity index (χ1) is 16.3. The zero-order valence-electron chi connectivity index (χ0n) is 23.5. The third kappa shape index (κ3) is 7.90. The van der Waals surface area contributed by atoms with Crippen LogP contribution in [0.1, 0.15) is 45.6 Å². The van der Waals surface area contributed by atoms with E-state index >= 15 is 0 Å². The number of rotatable bonds is 10. The zero-order valence-corrected chi connectivity index (χ0v) is 25.5. The van der Waals surface area contributed by atoms with E-state index < -0.39 is 16.6 Å². The molecule has 1 aliphatic carbocycles. The summed E-state index contributed by atoms with van der Waals surface area (Å²) in [4.78, 5) is 0. The van der Waals surface area contributed by atoms with Crippen molar-refractivity contribution in [1.82, 2.24) is 0 Å². The first-order valence-corrected chi connectivity index (χ1v) is 19.6. The minimum Gasteiger partial charge on any atom is -0.550 e. The molecule has 1 aliphatic heterocycles. The van der Waals surface area contributed by atoms with Crippen molar-refractivity contribution >= 4 is 16.6 Å². The summed E-state index contributed by atoms with van der Waals surface area (Å²) in [6, 6.07) is 10.7. The van der Waals surface area contributed by atoms with Crippen molar-refractivity contribution in [2.75, 3.05) is 7.11 Å². The molecule has 1 saturated heterocycles. The number of hydrogen-bond donors (Lipinski definition) is 0. The lowest BCUT2D eigenvalue weighted by Crippen LogP contribution is -2.43. The Kier molecular flexibility index (Phi) is 9.30. The number of benzene rings is 1. The van der Waals surface area contributed by atoms with Crippen LogP contribution in [0.5, 0.6) is 0 Å². The minimum absolute atomic E-state index is 0.0925. The molecule has 1 unspecified atom stereocenters. The van der Waals surface area contributed by atoms with Crippen molar-refractivity contribution in [2.24, 2.45) is 11.8 Å². The van der Waals surface area contributed by atoms with Gasteiger partial charge in [-0.3, -0.25) is 0 Å². The van der Waals surface area contributed by atoms with Crippen LogP contribution < -0.4 is 0 Å². The fourth-order valence-electron chi connectivity index (χ4n) is 4.69. The van der Waals surface area contributed by atoms with Crippen molar-refractivity contribution < 1.29 is 18.3 Å². The molecule has 3 rings (SSSR count). The van der Waals surface area contributed by atoms with E-state index in [1.807, 2.05) is 0 Å². The average molecular weight is 517 g/mol. The first-order valence-electron chi connectivity index (χ1n) is 13.2. The first kappa shape index (κ1) is 28.4. The number of ether oxygens (including phenoxy) is 2. The third-order valence-corrected chi connectivity index (χ3v) is 13.1. The SMILES string of the molecule is COC1C[C@H]2[C@H](CC(=CO[Si](C)(C)C)[C@@H]2C=C[C@H](CCc2ccccc2)O[Si](C)(C)C(C)(C)C)O1. The normalized spacial score (nSPS) is 27.5. The molecule has 5 atom stereocenters. The van der Waals surface area contributed by atoms with Gasteiger partial charge in [0.25, 0.3) is 0 Å². The Morgan fingerprint density at radius 3 is 2.37 bits per heavy atom. The van der Waals surface area contributed by atoms with Crippen LogP contribution in [-0.2, 0) is 24.7 Å². The Morgan fingerprint density at radius 2 is 1.77 bits per heavy atom. The molecule has 0 aromatic heterocycles. The molecule has 1 aromatic carbocycles. The van der Waals surface area contributed by atoms with Gasteiger partial charge in [-0.05, 0) is 68.2 Å². The van der Waals surface area contributed by atoms with Gasteiger partial charge in [-0.15, -0.1) is 0 Å². The summed E-state index contributed by atoms with van der Waals surface area (Å²) in [6.45, 7) is 18.3. The molecular formula is C29H48O4Si2. The molecule has 35 heavy (non-hydrogen) atoms. The van der Waals surface area contributed by atoms with Gasteiger partial charge < -0.3 is 18.3 Å². The molecule has 196 valence electrons. The van der Waals surface area contributed by atoms with E-state index in [1.165, 1.54) is 11.1 Å². The van der Waals surface area contributed by atoms with Gasteiger partial charge in [0.2, 0.25) is 8.32 Å². The van der Waals surface area contributed by atoms with Crippen molar-refractivity contribution in [2.45, 2.75) is 103 Å². The standard InChI is InChI=1S/C29H48O4Si2/c1-29(2,3)35(8,9)33-24(16-15-22-13-11-10-12-14-22)17-18-25-23(21-31-34(5,6)7)19-27-26(25)20-28(30-4)32-27/h10-14,17-18,21,24-28H,15-16,19-20H2,1-9H3/t24-,25-,26+,27-,28?/m0/s1.